The molecule has 0 aliphatic carbocycles. The molecular formula is C21H20Cl2N6OS. The fourth-order valence-corrected chi connectivity index (χ4v) is 4.33. The van der Waals surface area contributed by atoms with Gasteiger partial charge in [-0.25, -0.2) is 4.68 Å². The van der Waals surface area contributed by atoms with Crippen molar-refractivity contribution < 1.29 is 4.79 Å². The Kier molecular flexibility index (Phi) is 7.44. The van der Waals surface area contributed by atoms with Crippen molar-refractivity contribution in [2.75, 3.05) is 23.0 Å². The lowest BCUT2D eigenvalue weighted by Crippen LogP contribution is -2.33. The Labute approximate surface area is 194 Å². The van der Waals surface area contributed by atoms with Crippen LogP contribution in [0.5, 0.6) is 0 Å². The van der Waals surface area contributed by atoms with Gasteiger partial charge >= 0.3 is 0 Å². The van der Waals surface area contributed by atoms with Gasteiger partial charge in [0.15, 0.2) is 5.82 Å². The van der Waals surface area contributed by atoms with Crippen LogP contribution in [0.2, 0.25) is 10.0 Å². The van der Waals surface area contributed by atoms with Crippen molar-refractivity contribution in [3.8, 4) is 17.5 Å². The summed E-state index contributed by atoms with van der Waals surface area (Å²) >= 11 is 13.4. The number of benzene rings is 2. The van der Waals surface area contributed by atoms with E-state index in [2.05, 4.69) is 16.3 Å². The number of nitrogen functional groups attached to an aromatic ring is 1. The minimum absolute atomic E-state index is 0.0854. The second-order valence-electron chi connectivity index (χ2n) is 6.89. The molecule has 3 aromatic rings. The van der Waals surface area contributed by atoms with Crippen LogP contribution < -0.4 is 10.7 Å². The number of thioether (sulfide) groups is 1. The highest BCUT2D eigenvalue weighted by atomic mass is 35.5. The van der Waals surface area contributed by atoms with E-state index in [0.29, 0.717) is 33.1 Å². The molecule has 0 saturated heterocycles. The molecule has 3 rings (SSSR count). The standard InChI is InChI=1S/C21H20Cl2N6OS/c1-13-8-14(2)10-16(9-13)28(7-3-6-24)19(30)12-31-21-27-26-20(29(21)25)17-5-4-15(22)11-18(17)23/h4-5,8-11H,3,7,12,25H2,1-2H3. The van der Waals surface area contributed by atoms with E-state index in [0.717, 1.165) is 16.8 Å². The number of nitrogens with two attached hydrogens (primary N) is 1. The highest BCUT2D eigenvalue weighted by Crippen LogP contribution is 2.30. The molecule has 0 bridgehead atoms. The second kappa shape index (κ2) is 10.1. The van der Waals surface area contributed by atoms with E-state index in [1.165, 1.54) is 16.4 Å². The predicted molar refractivity (Wildman–Crippen MR) is 125 cm³/mol. The molecule has 0 aliphatic rings. The van der Waals surface area contributed by atoms with Gasteiger partial charge in [0.25, 0.3) is 0 Å². The second-order valence-corrected chi connectivity index (χ2v) is 8.67. The number of hydrogen-bond donors (Lipinski definition) is 1. The molecule has 0 aliphatic heterocycles. The number of aromatic nitrogens is 3. The Morgan fingerprint density at radius 2 is 1.90 bits per heavy atom. The third-order valence-electron chi connectivity index (χ3n) is 4.43. The molecule has 2 aromatic carbocycles. The van der Waals surface area contributed by atoms with Crippen molar-refractivity contribution in [2.24, 2.45) is 0 Å². The number of anilines is 1. The van der Waals surface area contributed by atoms with Crippen LogP contribution in [0.4, 0.5) is 5.69 Å². The molecule has 1 aromatic heterocycles. The first-order valence-corrected chi connectivity index (χ1v) is 11.1. The monoisotopic (exact) mass is 474 g/mol. The van der Waals surface area contributed by atoms with Gasteiger partial charge in [-0.1, -0.05) is 41.0 Å². The van der Waals surface area contributed by atoms with Gasteiger partial charge in [0.05, 0.1) is 23.3 Å². The normalized spacial score (nSPS) is 10.7. The molecule has 0 fully saturated rings. The largest absolute Gasteiger partial charge is 0.335 e. The van der Waals surface area contributed by atoms with Crippen LogP contribution in [-0.4, -0.2) is 33.1 Å². The van der Waals surface area contributed by atoms with E-state index in [1.807, 2.05) is 32.0 Å². The van der Waals surface area contributed by atoms with Crippen LogP contribution in [0.1, 0.15) is 17.5 Å². The quantitative estimate of drug-likeness (QED) is 0.395. The molecule has 0 atom stereocenters. The summed E-state index contributed by atoms with van der Waals surface area (Å²) in [5.74, 6) is 6.45. The van der Waals surface area contributed by atoms with Crippen LogP contribution in [0, 0.1) is 25.2 Å². The van der Waals surface area contributed by atoms with Crippen LogP contribution in [0.15, 0.2) is 41.6 Å². The van der Waals surface area contributed by atoms with Gasteiger partial charge in [-0.05, 0) is 55.3 Å². The first-order valence-electron chi connectivity index (χ1n) is 9.34. The molecule has 2 N–H and O–H groups in total. The van der Waals surface area contributed by atoms with Crippen molar-refractivity contribution in [3.05, 3.63) is 57.6 Å². The van der Waals surface area contributed by atoms with Gasteiger partial charge in [0.1, 0.15) is 0 Å². The number of rotatable bonds is 7. The summed E-state index contributed by atoms with van der Waals surface area (Å²) in [4.78, 5) is 14.6. The number of carbonyl (C=O) groups is 1. The third kappa shape index (κ3) is 5.50. The van der Waals surface area contributed by atoms with Gasteiger partial charge in [-0.3, -0.25) is 4.79 Å². The lowest BCUT2D eigenvalue weighted by atomic mass is 10.1. The molecule has 0 unspecified atom stereocenters. The van der Waals surface area contributed by atoms with Gasteiger partial charge in [-0.2, -0.15) is 5.26 Å². The Morgan fingerprint density at radius 3 is 2.55 bits per heavy atom. The number of nitriles is 1. The van der Waals surface area contributed by atoms with Gasteiger partial charge < -0.3 is 10.7 Å². The van der Waals surface area contributed by atoms with Crippen molar-refractivity contribution in [3.63, 3.8) is 0 Å². The summed E-state index contributed by atoms with van der Waals surface area (Å²) in [6.45, 7) is 4.25. The van der Waals surface area contributed by atoms with Crippen LogP contribution in [0.25, 0.3) is 11.4 Å². The molecule has 160 valence electrons. The maximum Gasteiger partial charge on any atom is 0.237 e. The molecule has 1 amide bonds. The van der Waals surface area contributed by atoms with E-state index in [4.69, 9.17) is 34.3 Å². The number of hydrogen-bond acceptors (Lipinski definition) is 6. The van der Waals surface area contributed by atoms with E-state index in [1.54, 1.807) is 23.1 Å². The average Bonchev–Trinajstić information content (AvgIpc) is 3.06. The van der Waals surface area contributed by atoms with Crippen LogP contribution >= 0.6 is 35.0 Å². The van der Waals surface area contributed by atoms with Crippen molar-refractivity contribution in [1.29, 1.82) is 5.26 Å². The summed E-state index contributed by atoms with van der Waals surface area (Å²) in [6.07, 6.45) is 0.232. The Bertz CT molecular complexity index is 1140. The van der Waals surface area contributed by atoms with E-state index in [9.17, 15) is 4.79 Å². The smallest absolute Gasteiger partial charge is 0.237 e. The Morgan fingerprint density at radius 1 is 1.19 bits per heavy atom. The van der Waals surface area contributed by atoms with E-state index < -0.39 is 0 Å². The summed E-state index contributed by atoms with van der Waals surface area (Å²) in [5, 5.41) is 18.5. The minimum Gasteiger partial charge on any atom is -0.335 e. The van der Waals surface area contributed by atoms with Gasteiger partial charge in [0.2, 0.25) is 11.1 Å². The summed E-state index contributed by atoms with van der Waals surface area (Å²) in [6, 6.07) is 13.0. The molecular weight excluding hydrogens is 455 g/mol. The predicted octanol–water partition coefficient (Wildman–Crippen LogP) is 4.62. The number of nitrogens with zero attached hydrogens (tertiary/aromatic N) is 5. The third-order valence-corrected chi connectivity index (χ3v) is 5.90. The van der Waals surface area contributed by atoms with Crippen molar-refractivity contribution in [2.45, 2.75) is 25.4 Å². The average molecular weight is 475 g/mol. The molecule has 10 heteroatoms. The molecule has 0 saturated carbocycles. The SMILES string of the molecule is Cc1cc(C)cc(N(CCC#N)C(=O)CSc2nnc(-c3ccc(Cl)cc3Cl)n2N)c1. The van der Waals surface area contributed by atoms with Crippen LogP contribution in [-0.2, 0) is 4.79 Å². The Balaban J connectivity index is 1.78. The highest BCUT2D eigenvalue weighted by Gasteiger charge is 2.20. The zero-order chi connectivity index (χ0) is 22.5. The number of carbonyl (C=O) groups excluding carboxylic acids is 1. The van der Waals surface area contributed by atoms with Gasteiger partial charge in [-0.15, -0.1) is 10.2 Å². The van der Waals surface area contributed by atoms with Crippen molar-refractivity contribution >= 4 is 46.6 Å². The minimum atomic E-state index is -0.153. The molecule has 0 spiro atoms. The summed E-state index contributed by atoms with van der Waals surface area (Å²) in [7, 11) is 0. The topological polar surface area (TPSA) is 101 Å². The molecule has 31 heavy (non-hydrogen) atoms. The first kappa shape index (κ1) is 22.9. The fraction of sp³-hybridized carbons (Fsp3) is 0.238. The van der Waals surface area contributed by atoms with Crippen LogP contribution in [0.3, 0.4) is 0 Å². The fourth-order valence-electron chi connectivity index (χ4n) is 3.10. The number of halogens is 2. The molecule has 0 radical (unpaired) electrons. The van der Waals surface area contributed by atoms with E-state index in [-0.39, 0.29) is 18.1 Å². The number of aryl methyl sites for hydroxylation is 2. The van der Waals surface area contributed by atoms with Gasteiger partial charge in [0, 0.05) is 22.8 Å². The maximum absolute atomic E-state index is 13.0. The summed E-state index contributed by atoms with van der Waals surface area (Å²) < 4.78 is 1.30. The molecule has 7 nitrogen and oxygen atoms in total. The van der Waals surface area contributed by atoms with E-state index >= 15 is 0 Å². The number of amides is 1. The Hall–Kier alpha value is -2.73. The lowest BCUT2D eigenvalue weighted by molar-refractivity contribution is -0.116. The zero-order valence-electron chi connectivity index (χ0n) is 17.0. The van der Waals surface area contributed by atoms with Crippen molar-refractivity contribution in [1.82, 2.24) is 14.9 Å². The zero-order valence-corrected chi connectivity index (χ0v) is 19.3. The lowest BCUT2D eigenvalue weighted by Gasteiger charge is -2.22. The first-order chi connectivity index (χ1) is 14.8. The molecule has 1 heterocycles. The highest BCUT2D eigenvalue weighted by molar-refractivity contribution is 7.99. The maximum atomic E-state index is 13.0. The summed E-state index contributed by atoms with van der Waals surface area (Å²) in [5.41, 5.74) is 3.44.